The molecule has 170 valence electrons. The first kappa shape index (κ1) is 22.7. The van der Waals surface area contributed by atoms with Gasteiger partial charge in [0.15, 0.2) is 0 Å². The van der Waals surface area contributed by atoms with Crippen molar-refractivity contribution in [2.24, 2.45) is 0 Å². The fourth-order valence-electron chi connectivity index (χ4n) is 3.47. The molecule has 0 aliphatic rings. The van der Waals surface area contributed by atoms with Gasteiger partial charge in [0.05, 0.1) is 17.3 Å². The topological polar surface area (TPSA) is 64.0 Å². The number of benzene rings is 2. The highest BCUT2D eigenvalue weighted by Gasteiger charge is 2.30. The molecule has 1 amide bonds. The van der Waals surface area contributed by atoms with Crippen molar-refractivity contribution in [2.75, 3.05) is 5.32 Å². The van der Waals surface area contributed by atoms with Crippen LogP contribution in [0.4, 0.5) is 18.9 Å². The Balaban J connectivity index is 1.60. The minimum atomic E-state index is -4.52. The van der Waals surface area contributed by atoms with Crippen LogP contribution in [0, 0.1) is 0 Å². The van der Waals surface area contributed by atoms with Gasteiger partial charge in [-0.05, 0) is 35.2 Å². The third kappa shape index (κ3) is 4.83. The zero-order chi connectivity index (χ0) is 23.8. The van der Waals surface area contributed by atoms with E-state index in [1.54, 1.807) is 0 Å². The molecule has 0 unspecified atom stereocenters. The number of hydrogen-bond acceptors (Lipinski definition) is 4. The predicted octanol–water partition coefficient (Wildman–Crippen LogP) is 5.91. The molecule has 2 aromatic heterocycles. The van der Waals surface area contributed by atoms with Crippen molar-refractivity contribution in [1.29, 1.82) is 0 Å². The fourth-order valence-corrected chi connectivity index (χ4v) is 4.38. The number of nitrogens with one attached hydrogen (secondary N) is 1. The first-order valence-electron chi connectivity index (χ1n) is 10.2. The number of thiophene rings is 1. The van der Waals surface area contributed by atoms with E-state index in [2.05, 4.69) is 24.1 Å². The van der Waals surface area contributed by atoms with E-state index in [-0.39, 0.29) is 17.8 Å². The Morgan fingerprint density at radius 1 is 1.15 bits per heavy atom. The number of anilines is 1. The SMILES string of the molecule is CC(C)c1ccc(-c2csc3ncn(CC(=O)Nc4cccc(C(F)(F)F)c4)c(=O)c23)cc1. The van der Waals surface area contributed by atoms with Crippen LogP contribution in [-0.4, -0.2) is 15.5 Å². The summed E-state index contributed by atoms with van der Waals surface area (Å²) < 4.78 is 39.8. The first-order chi connectivity index (χ1) is 15.6. The molecule has 2 aromatic carbocycles. The van der Waals surface area contributed by atoms with Gasteiger partial charge >= 0.3 is 6.18 Å². The summed E-state index contributed by atoms with van der Waals surface area (Å²) in [5.41, 5.74) is 1.53. The number of nitrogens with zero attached hydrogens (tertiary/aromatic N) is 2. The summed E-state index contributed by atoms with van der Waals surface area (Å²) in [6, 6.07) is 12.3. The molecule has 0 fully saturated rings. The van der Waals surface area contributed by atoms with Gasteiger partial charge in [0.1, 0.15) is 11.4 Å². The van der Waals surface area contributed by atoms with Gasteiger partial charge in [0.25, 0.3) is 5.56 Å². The largest absolute Gasteiger partial charge is 0.416 e. The monoisotopic (exact) mass is 471 g/mol. The van der Waals surface area contributed by atoms with E-state index in [1.165, 1.54) is 35.4 Å². The summed E-state index contributed by atoms with van der Waals surface area (Å²) >= 11 is 1.34. The quantitative estimate of drug-likeness (QED) is 0.394. The number of amides is 1. The van der Waals surface area contributed by atoms with Gasteiger partial charge < -0.3 is 5.32 Å². The van der Waals surface area contributed by atoms with Crippen LogP contribution in [0.3, 0.4) is 0 Å². The molecule has 2 heterocycles. The van der Waals surface area contributed by atoms with E-state index in [1.807, 2.05) is 29.6 Å². The average Bonchev–Trinajstić information content (AvgIpc) is 3.20. The summed E-state index contributed by atoms with van der Waals surface area (Å²) in [5.74, 6) is -0.247. The van der Waals surface area contributed by atoms with Gasteiger partial charge in [-0.1, -0.05) is 44.2 Å². The molecular weight excluding hydrogens is 451 g/mol. The van der Waals surface area contributed by atoms with Crippen LogP contribution >= 0.6 is 11.3 Å². The van der Waals surface area contributed by atoms with Gasteiger partial charge in [0, 0.05) is 16.6 Å². The molecular formula is C24H20F3N3O2S. The Kier molecular flexibility index (Phi) is 6.07. The van der Waals surface area contributed by atoms with Crippen LogP contribution < -0.4 is 10.9 Å². The van der Waals surface area contributed by atoms with Crippen molar-refractivity contribution in [3.63, 3.8) is 0 Å². The van der Waals surface area contributed by atoms with Crippen molar-refractivity contribution >= 4 is 33.1 Å². The van der Waals surface area contributed by atoms with Crippen LogP contribution in [0.25, 0.3) is 21.3 Å². The standard InChI is InChI=1S/C24H20F3N3O2S/c1-14(2)15-6-8-16(9-7-15)19-12-33-22-21(19)23(32)30(13-28-22)11-20(31)29-18-5-3-4-17(10-18)24(25,26)27/h3-10,12-14H,11H2,1-2H3,(H,29,31). The van der Waals surface area contributed by atoms with E-state index in [4.69, 9.17) is 0 Å². The van der Waals surface area contributed by atoms with E-state index in [0.29, 0.717) is 16.1 Å². The van der Waals surface area contributed by atoms with Gasteiger partial charge in [-0.2, -0.15) is 13.2 Å². The number of alkyl halides is 3. The van der Waals surface area contributed by atoms with Gasteiger partial charge in [-0.3, -0.25) is 14.2 Å². The van der Waals surface area contributed by atoms with Crippen LogP contribution in [-0.2, 0) is 17.5 Å². The Labute approximate surface area is 191 Å². The normalized spacial score (nSPS) is 11.8. The third-order valence-electron chi connectivity index (χ3n) is 5.24. The second kappa shape index (κ2) is 8.82. The Morgan fingerprint density at radius 2 is 1.88 bits per heavy atom. The number of aromatic nitrogens is 2. The molecule has 9 heteroatoms. The lowest BCUT2D eigenvalue weighted by molar-refractivity contribution is -0.137. The van der Waals surface area contributed by atoms with Crippen LogP contribution in [0.1, 0.15) is 30.9 Å². The van der Waals surface area contributed by atoms with Crippen LogP contribution in [0.2, 0.25) is 0 Å². The Morgan fingerprint density at radius 3 is 2.55 bits per heavy atom. The molecule has 0 radical (unpaired) electrons. The van der Waals surface area contributed by atoms with Gasteiger partial charge in [-0.25, -0.2) is 4.98 Å². The third-order valence-corrected chi connectivity index (χ3v) is 6.12. The van der Waals surface area contributed by atoms with Crippen molar-refractivity contribution in [2.45, 2.75) is 32.5 Å². The smallest absolute Gasteiger partial charge is 0.325 e. The fraction of sp³-hybridized carbons (Fsp3) is 0.208. The minimum absolute atomic E-state index is 0.00150. The highest BCUT2D eigenvalue weighted by Crippen LogP contribution is 2.32. The number of fused-ring (bicyclic) bond motifs is 1. The van der Waals surface area contributed by atoms with Gasteiger partial charge in [0.2, 0.25) is 5.91 Å². The zero-order valence-electron chi connectivity index (χ0n) is 17.8. The highest BCUT2D eigenvalue weighted by atomic mass is 32.1. The second-order valence-corrected chi connectivity index (χ2v) is 8.77. The predicted molar refractivity (Wildman–Crippen MR) is 123 cm³/mol. The molecule has 0 saturated heterocycles. The lowest BCUT2D eigenvalue weighted by atomic mass is 9.99. The summed E-state index contributed by atoms with van der Waals surface area (Å²) in [4.78, 5) is 30.4. The van der Waals surface area contributed by atoms with Crippen molar-refractivity contribution < 1.29 is 18.0 Å². The average molecular weight is 472 g/mol. The lowest BCUT2D eigenvalue weighted by Crippen LogP contribution is -2.27. The first-order valence-corrected chi connectivity index (χ1v) is 11.1. The maximum absolute atomic E-state index is 13.1. The number of rotatable bonds is 5. The maximum atomic E-state index is 13.1. The molecule has 0 aliphatic carbocycles. The number of halogens is 3. The molecule has 0 atom stereocenters. The molecule has 0 spiro atoms. The van der Waals surface area contributed by atoms with Crippen molar-refractivity contribution in [3.05, 3.63) is 81.7 Å². The van der Waals surface area contributed by atoms with Crippen molar-refractivity contribution in [3.8, 4) is 11.1 Å². The molecule has 1 N–H and O–H groups in total. The molecule has 4 aromatic rings. The molecule has 4 rings (SSSR count). The lowest BCUT2D eigenvalue weighted by Gasteiger charge is -2.11. The van der Waals surface area contributed by atoms with Crippen LogP contribution in [0.15, 0.2) is 65.0 Å². The summed E-state index contributed by atoms with van der Waals surface area (Å²) in [6.07, 6.45) is -3.24. The molecule has 0 aliphatic heterocycles. The molecule has 33 heavy (non-hydrogen) atoms. The second-order valence-electron chi connectivity index (χ2n) is 7.91. The molecule has 5 nitrogen and oxygen atoms in total. The summed E-state index contributed by atoms with van der Waals surface area (Å²) in [6.45, 7) is 3.82. The minimum Gasteiger partial charge on any atom is -0.325 e. The summed E-state index contributed by atoms with van der Waals surface area (Å²) in [5, 5.41) is 4.68. The number of carbonyl (C=O) groups excluding carboxylic acids is 1. The molecule has 0 bridgehead atoms. The van der Waals surface area contributed by atoms with Crippen LogP contribution in [0.5, 0.6) is 0 Å². The van der Waals surface area contributed by atoms with E-state index >= 15 is 0 Å². The maximum Gasteiger partial charge on any atom is 0.416 e. The van der Waals surface area contributed by atoms with E-state index < -0.39 is 17.6 Å². The zero-order valence-corrected chi connectivity index (χ0v) is 18.6. The number of carbonyl (C=O) groups is 1. The Bertz CT molecular complexity index is 1370. The van der Waals surface area contributed by atoms with E-state index in [9.17, 15) is 22.8 Å². The van der Waals surface area contributed by atoms with Crippen molar-refractivity contribution in [1.82, 2.24) is 9.55 Å². The Hall–Kier alpha value is -3.46. The summed E-state index contributed by atoms with van der Waals surface area (Å²) in [7, 11) is 0. The number of hydrogen-bond donors (Lipinski definition) is 1. The molecule has 0 saturated carbocycles. The highest BCUT2D eigenvalue weighted by molar-refractivity contribution is 7.17. The van der Waals surface area contributed by atoms with Gasteiger partial charge in [-0.15, -0.1) is 11.3 Å². The van der Waals surface area contributed by atoms with E-state index in [0.717, 1.165) is 27.8 Å².